The van der Waals surface area contributed by atoms with Crippen LogP contribution in [0.3, 0.4) is 0 Å². The van der Waals surface area contributed by atoms with Crippen molar-refractivity contribution in [1.29, 1.82) is 0 Å². The molecule has 0 unspecified atom stereocenters. The van der Waals surface area contributed by atoms with E-state index in [1.54, 1.807) is 10.9 Å². The molecule has 0 fully saturated rings. The van der Waals surface area contributed by atoms with E-state index in [1.165, 1.54) is 6.33 Å². The van der Waals surface area contributed by atoms with E-state index in [1.807, 2.05) is 13.8 Å². The number of carbonyl (C=O) groups excluding carboxylic acids is 1. The number of hydrogen-bond donors (Lipinski definition) is 2. The summed E-state index contributed by atoms with van der Waals surface area (Å²) in [5.74, 6) is 0.252. The second-order valence-corrected chi connectivity index (χ2v) is 4.18. The van der Waals surface area contributed by atoms with E-state index in [9.17, 15) is 4.79 Å². The lowest BCUT2D eigenvalue weighted by Crippen LogP contribution is -2.34. The molecule has 0 radical (unpaired) electrons. The molecule has 0 saturated carbocycles. The molecule has 7 nitrogen and oxygen atoms in total. The third-order valence-electron chi connectivity index (χ3n) is 2.76. The lowest BCUT2D eigenvalue weighted by Gasteiger charge is -2.11. The summed E-state index contributed by atoms with van der Waals surface area (Å²) >= 11 is 0. The molecule has 2 rings (SSSR count). The summed E-state index contributed by atoms with van der Waals surface area (Å²) in [7, 11) is 0. The molecule has 18 heavy (non-hydrogen) atoms. The van der Waals surface area contributed by atoms with Gasteiger partial charge in [-0.05, 0) is 13.3 Å². The topological polar surface area (TPSA) is 98.7 Å². The van der Waals surface area contributed by atoms with Crippen molar-refractivity contribution < 1.29 is 4.79 Å². The molecule has 0 aromatic carbocycles. The van der Waals surface area contributed by atoms with E-state index < -0.39 is 0 Å². The molecule has 2 heterocycles. The lowest BCUT2D eigenvalue weighted by molar-refractivity contribution is -0.122. The number of nitrogens with zero attached hydrogens (tertiary/aromatic N) is 4. The summed E-state index contributed by atoms with van der Waals surface area (Å²) in [6.45, 7) is 4.16. The van der Waals surface area contributed by atoms with Gasteiger partial charge in [0.1, 0.15) is 18.4 Å². The van der Waals surface area contributed by atoms with Gasteiger partial charge in [-0.25, -0.2) is 15.0 Å². The average Bonchev–Trinajstić information content (AvgIpc) is 2.74. The van der Waals surface area contributed by atoms with E-state index >= 15 is 0 Å². The molecule has 0 saturated heterocycles. The number of nitrogens with two attached hydrogens (primary N) is 1. The number of nitrogen functional groups attached to an aromatic ring is 1. The van der Waals surface area contributed by atoms with Gasteiger partial charge in [-0.3, -0.25) is 4.79 Å². The standard InChI is InChI=1S/C11H16N6O/c1-3-7(2)16-8(18)4-17-6-15-9-10(12)13-5-14-11(9)17/h5-7H,3-4H2,1-2H3,(H,16,18)(H2,12,13,14)/t7-/m0/s1. The Morgan fingerprint density at radius 3 is 3.00 bits per heavy atom. The number of aromatic nitrogens is 4. The van der Waals surface area contributed by atoms with E-state index in [4.69, 9.17) is 5.73 Å². The van der Waals surface area contributed by atoms with Crippen LogP contribution >= 0.6 is 0 Å². The molecular weight excluding hydrogens is 232 g/mol. The molecule has 96 valence electrons. The minimum atomic E-state index is -0.0687. The number of fused-ring (bicyclic) bond motifs is 1. The highest BCUT2D eigenvalue weighted by Gasteiger charge is 2.11. The van der Waals surface area contributed by atoms with Crippen LogP contribution in [0, 0.1) is 0 Å². The van der Waals surface area contributed by atoms with Crippen LogP contribution in [0.5, 0.6) is 0 Å². The van der Waals surface area contributed by atoms with Gasteiger partial charge in [-0.2, -0.15) is 0 Å². The number of hydrogen-bond acceptors (Lipinski definition) is 5. The van der Waals surface area contributed by atoms with E-state index in [2.05, 4.69) is 20.3 Å². The summed E-state index contributed by atoms with van der Waals surface area (Å²) in [4.78, 5) is 23.8. The van der Waals surface area contributed by atoms with Crippen molar-refractivity contribution in [3.63, 3.8) is 0 Å². The second-order valence-electron chi connectivity index (χ2n) is 4.18. The Morgan fingerprint density at radius 1 is 1.50 bits per heavy atom. The molecule has 1 atom stereocenters. The first-order chi connectivity index (χ1) is 8.61. The Kier molecular flexibility index (Phi) is 3.40. The maximum absolute atomic E-state index is 11.8. The maximum Gasteiger partial charge on any atom is 0.240 e. The van der Waals surface area contributed by atoms with Crippen LogP contribution in [0.1, 0.15) is 20.3 Å². The van der Waals surface area contributed by atoms with Gasteiger partial charge < -0.3 is 15.6 Å². The van der Waals surface area contributed by atoms with Gasteiger partial charge in [0.2, 0.25) is 5.91 Å². The SMILES string of the molecule is CC[C@H](C)NC(=O)Cn1cnc2c(N)ncnc21. The van der Waals surface area contributed by atoms with E-state index in [0.29, 0.717) is 17.0 Å². The van der Waals surface area contributed by atoms with E-state index in [-0.39, 0.29) is 18.5 Å². The fourth-order valence-corrected chi connectivity index (χ4v) is 1.59. The van der Waals surface area contributed by atoms with Crippen LogP contribution in [0.25, 0.3) is 11.2 Å². The van der Waals surface area contributed by atoms with Crippen LogP contribution in [0.15, 0.2) is 12.7 Å². The van der Waals surface area contributed by atoms with Crippen LogP contribution in [0.2, 0.25) is 0 Å². The summed E-state index contributed by atoms with van der Waals surface area (Å²) in [5, 5.41) is 2.88. The van der Waals surface area contributed by atoms with Gasteiger partial charge in [-0.1, -0.05) is 6.92 Å². The van der Waals surface area contributed by atoms with Crippen molar-refractivity contribution in [2.24, 2.45) is 0 Å². The number of anilines is 1. The molecule has 2 aromatic heterocycles. The highest BCUT2D eigenvalue weighted by atomic mass is 16.2. The Balaban J connectivity index is 2.17. The zero-order valence-corrected chi connectivity index (χ0v) is 10.4. The Morgan fingerprint density at radius 2 is 2.28 bits per heavy atom. The molecule has 0 aliphatic rings. The van der Waals surface area contributed by atoms with Crippen molar-refractivity contribution in [1.82, 2.24) is 24.8 Å². The normalized spacial score (nSPS) is 12.6. The third-order valence-corrected chi connectivity index (χ3v) is 2.76. The van der Waals surface area contributed by atoms with Gasteiger partial charge >= 0.3 is 0 Å². The van der Waals surface area contributed by atoms with Gasteiger partial charge in [0.25, 0.3) is 0 Å². The molecule has 0 bridgehead atoms. The van der Waals surface area contributed by atoms with Crippen molar-refractivity contribution in [2.45, 2.75) is 32.9 Å². The third kappa shape index (κ3) is 2.39. The molecular formula is C11H16N6O. The first-order valence-corrected chi connectivity index (χ1v) is 5.82. The molecule has 7 heteroatoms. The van der Waals surface area contributed by atoms with Crippen molar-refractivity contribution in [3.8, 4) is 0 Å². The average molecular weight is 248 g/mol. The molecule has 2 aromatic rings. The van der Waals surface area contributed by atoms with Gasteiger partial charge in [-0.15, -0.1) is 0 Å². The van der Waals surface area contributed by atoms with Crippen LogP contribution in [-0.2, 0) is 11.3 Å². The number of nitrogens with one attached hydrogen (secondary N) is 1. The largest absolute Gasteiger partial charge is 0.382 e. The fraction of sp³-hybridized carbons (Fsp3) is 0.455. The van der Waals surface area contributed by atoms with Crippen LogP contribution < -0.4 is 11.1 Å². The first-order valence-electron chi connectivity index (χ1n) is 5.82. The number of rotatable bonds is 4. The number of imidazole rings is 1. The minimum Gasteiger partial charge on any atom is -0.382 e. The number of carbonyl (C=O) groups is 1. The number of amides is 1. The quantitative estimate of drug-likeness (QED) is 0.812. The van der Waals surface area contributed by atoms with Crippen molar-refractivity contribution in [2.75, 3.05) is 5.73 Å². The van der Waals surface area contributed by atoms with Crippen LogP contribution in [-0.4, -0.2) is 31.5 Å². The highest BCUT2D eigenvalue weighted by Crippen LogP contribution is 2.13. The maximum atomic E-state index is 11.8. The Labute approximate surface area is 104 Å². The zero-order chi connectivity index (χ0) is 13.1. The van der Waals surface area contributed by atoms with Crippen LogP contribution in [0.4, 0.5) is 5.82 Å². The summed E-state index contributed by atoms with van der Waals surface area (Å²) in [6.07, 6.45) is 3.81. The van der Waals surface area contributed by atoms with Crippen molar-refractivity contribution >= 4 is 22.9 Å². The Hall–Kier alpha value is -2.18. The monoisotopic (exact) mass is 248 g/mol. The van der Waals surface area contributed by atoms with Gasteiger partial charge in [0.05, 0.1) is 6.33 Å². The molecule has 0 aliphatic heterocycles. The molecule has 0 aliphatic carbocycles. The molecule has 0 spiro atoms. The zero-order valence-electron chi connectivity index (χ0n) is 10.4. The second kappa shape index (κ2) is 4.99. The predicted octanol–water partition coefficient (Wildman–Crippen LogP) is 0.323. The minimum absolute atomic E-state index is 0.0687. The highest BCUT2D eigenvalue weighted by molar-refractivity contribution is 5.83. The van der Waals surface area contributed by atoms with E-state index in [0.717, 1.165) is 6.42 Å². The fourth-order valence-electron chi connectivity index (χ4n) is 1.59. The van der Waals surface area contributed by atoms with Gasteiger partial charge in [0, 0.05) is 6.04 Å². The summed E-state index contributed by atoms with van der Waals surface area (Å²) in [6, 6.07) is 0.159. The summed E-state index contributed by atoms with van der Waals surface area (Å²) in [5.41, 5.74) is 6.77. The predicted molar refractivity (Wildman–Crippen MR) is 67.6 cm³/mol. The van der Waals surface area contributed by atoms with Crippen molar-refractivity contribution in [3.05, 3.63) is 12.7 Å². The molecule has 1 amide bonds. The first kappa shape index (κ1) is 12.3. The Bertz CT molecular complexity index is 564. The molecule has 3 N–H and O–H groups in total. The smallest absolute Gasteiger partial charge is 0.240 e. The lowest BCUT2D eigenvalue weighted by atomic mass is 10.2. The van der Waals surface area contributed by atoms with Gasteiger partial charge in [0.15, 0.2) is 11.5 Å². The summed E-state index contributed by atoms with van der Waals surface area (Å²) < 4.78 is 1.66.